The second-order valence-corrected chi connectivity index (χ2v) is 7.67. The predicted octanol–water partition coefficient (Wildman–Crippen LogP) is 2.08. The van der Waals surface area contributed by atoms with E-state index < -0.39 is 16.6 Å². The van der Waals surface area contributed by atoms with Gasteiger partial charge < -0.3 is 4.74 Å². The number of hydrogen-bond donors (Lipinski definition) is 0. The second-order valence-electron chi connectivity index (χ2n) is 7.67. The number of nitro benzene ring substituents is 1. The first-order chi connectivity index (χ1) is 12.9. The molecule has 2 amide bonds. The summed E-state index contributed by atoms with van der Waals surface area (Å²) in [5.41, 5.74) is -0.308. The highest BCUT2D eigenvalue weighted by molar-refractivity contribution is 6.22. The van der Waals surface area contributed by atoms with Crippen molar-refractivity contribution in [3.8, 4) is 5.75 Å². The molecule has 0 aromatic heterocycles. The number of allylic oxidation sites excluding steroid dienone is 2. The van der Waals surface area contributed by atoms with Crippen molar-refractivity contribution >= 4 is 29.2 Å². The van der Waals surface area contributed by atoms with Crippen LogP contribution < -0.4 is 9.64 Å². The molecule has 0 unspecified atom stereocenters. The van der Waals surface area contributed by atoms with Crippen LogP contribution in [-0.4, -0.2) is 22.7 Å². The van der Waals surface area contributed by atoms with Gasteiger partial charge in [0.25, 0.3) is 0 Å². The van der Waals surface area contributed by atoms with E-state index in [-0.39, 0.29) is 46.9 Å². The Morgan fingerprint density at radius 1 is 1.15 bits per heavy atom. The third-order valence-electron chi connectivity index (χ3n) is 6.31. The number of amides is 2. The fourth-order valence-electron chi connectivity index (χ4n) is 5.24. The normalized spacial score (nSPS) is 35.1. The van der Waals surface area contributed by atoms with Crippen LogP contribution in [0.1, 0.15) is 13.3 Å². The number of imide groups is 1. The quantitative estimate of drug-likeness (QED) is 0.202. The summed E-state index contributed by atoms with van der Waals surface area (Å²) in [6.07, 6.45) is 5.21. The molecule has 1 heterocycles. The minimum Gasteiger partial charge on any atom is -0.419 e. The van der Waals surface area contributed by atoms with E-state index in [1.165, 1.54) is 12.1 Å². The summed E-state index contributed by atoms with van der Waals surface area (Å²) >= 11 is 0. The molecule has 2 saturated carbocycles. The van der Waals surface area contributed by atoms with Crippen molar-refractivity contribution in [2.24, 2.45) is 35.5 Å². The van der Waals surface area contributed by atoms with Crippen LogP contribution in [0.3, 0.4) is 0 Å². The van der Waals surface area contributed by atoms with Gasteiger partial charge in [-0.05, 0) is 42.2 Å². The van der Waals surface area contributed by atoms with E-state index in [0.717, 1.165) is 24.3 Å². The summed E-state index contributed by atoms with van der Waals surface area (Å²) in [6.45, 7) is 1.14. The lowest BCUT2D eigenvalue weighted by atomic mass is 9.63. The van der Waals surface area contributed by atoms with Crippen LogP contribution in [0.15, 0.2) is 30.4 Å². The standard InChI is InChI=1S/C19H16N2O6/c1-8(22)27-15-5-2-9(6-14(15)21(25)26)20-18(23)16-10-3-4-11(13-7-12(10)13)17(16)19(20)24/h2-6,10-13,16-17H,7H2,1H3/t10-,11-,12-,13+,16-,17+/m0/s1. The summed E-state index contributed by atoms with van der Waals surface area (Å²) in [5.74, 6) is -1.08. The van der Waals surface area contributed by atoms with Gasteiger partial charge in [-0.1, -0.05) is 12.2 Å². The minimum absolute atomic E-state index is 0.0850. The average Bonchev–Trinajstić information content (AvgIpc) is 3.39. The van der Waals surface area contributed by atoms with Crippen molar-refractivity contribution < 1.29 is 24.0 Å². The van der Waals surface area contributed by atoms with E-state index in [4.69, 9.17) is 4.74 Å². The first-order valence-electron chi connectivity index (χ1n) is 8.91. The number of nitrogens with zero attached hydrogens (tertiary/aromatic N) is 2. The van der Waals surface area contributed by atoms with Gasteiger partial charge in [0.1, 0.15) is 0 Å². The lowest BCUT2D eigenvalue weighted by molar-refractivity contribution is -0.385. The van der Waals surface area contributed by atoms with E-state index in [1.807, 2.05) is 0 Å². The summed E-state index contributed by atoms with van der Waals surface area (Å²) < 4.78 is 4.86. The Hall–Kier alpha value is -3.03. The van der Waals surface area contributed by atoms with Crippen LogP contribution in [-0.2, 0) is 14.4 Å². The van der Waals surface area contributed by atoms with Crippen LogP contribution in [0.25, 0.3) is 0 Å². The average molecular weight is 368 g/mol. The Morgan fingerprint density at radius 3 is 2.26 bits per heavy atom. The molecule has 1 aromatic rings. The van der Waals surface area contributed by atoms with E-state index in [2.05, 4.69) is 12.2 Å². The van der Waals surface area contributed by atoms with Gasteiger partial charge in [0.15, 0.2) is 0 Å². The molecule has 0 radical (unpaired) electrons. The van der Waals surface area contributed by atoms with Crippen molar-refractivity contribution in [3.63, 3.8) is 0 Å². The van der Waals surface area contributed by atoms with Crippen LogP contribution >= 0.6 is 0 Å². The third kappa shape index (κ3) is 2.12. The van der Waals surface area contributed by atoms with E-state index in [0.29, 0.717) is 11.8 Å². The van der Waals surface area contributed by atoms with E-state index in [9.17, 15) is 24.5 Å². The molecule has 2 bridgehead atoms. The van der Waals surface area contributed by atoms with Crippen molar-refractivity contribution in [2.45, 2.75) is 13.3 Å². The molecule has 1 aromatic carbocycles. The Balaban J connectivity index is 1.53. The van der Waals surface area contributed by atoms with E-state index >= 15 is 0 Å². The SMILES string of the molecule is CC(=O)Oc1ccc(N2C(=O)[C@@H]3[C@H]4C=C[C@@H]([C@@H]5C[C@H]45)[C@@H]3C2=O)cc1[N+](=O)[O-]. The van der Waals surface area contributed by atoms with Crippen LogP contribution in [0, 0.1) is 45.6 Å². The molecule has 5 aliphatic rings. The molecule has 27 heavy (non-hydrogen) atoms. The Morgan fingerprint density at radius 2 is 1.74 bits per heavy atom. The Labute approximate surface area is 153 Å². The summed E-state index contributed by atoms with van der Waals surface area (Å²) in [6, 6.07) is 3.79. The van der Waals surface area contributed by atoms with E-state index in [1.54, 1.807) is 0 Å². The number of hydrogen-bond acceptors (Lipinski definition) is 6. The van der Waals surface area contributed by atoms with Crippen molar-refractivity contribution in [1.29, 1.82) is 0 Å². The summed E-state index contributed by atoms with van der Waals surface area (Å²) in [5, 5.41) is 11.4. The zero-order chi connectivity index (χ0) is 19.0. The van der Waals surface area contributed by atoms with Gasteiger partial charge in [0.2, 0.25) is 17.6 Å². The molecular weight excluding hydrogens is 352 g/mol. The Kier molecular flexibility index (Phi) is 3.14. The van der Waals surface area contributed by atoms with Gasteiger partial charge in [-0.15, -0.1) is 0 Å². The minimum atomic E-state index is -0.694. The molecule has 138 valence electrons. The number of nitro groups is 1. The van der Waals surface area contributed by atoms with Gasteiger partial charge >= 0.3 is 11.7 Å². The molecule has 4 aliphatic carbocycles. The number of anilines is 1. The topological polar surface area (TPSA) is 107 Å². The number of carbonyl (C=O) groups excluding carboxylic acids is 3. The van der Waals surface area contributed by atoms with Gasteiger partial charge in [-0.2, -0.15) is 0 Å². The number of carbonyl (C=O) groups is 3. The highest BCUT2D eigenvalue weighted by atomic mass is 16.6. The first-order valence-corrected chi connectivity index (χ1v) is 8.91. The number of rotatable bonds is 3. The smallest absolute Gasteiger partial charge is 0.313 e. The number of esters is 1. The van der Waals surface area contributed by atoms with Crippen molar-refractivity contribution in [1.82, 2.24) is 0 Å². The molecule has 6 atom stereocenters. The molecule has 1 aliphatic heterocycles. The molecule has 0 spiro atoms. The largest absolute Gasteiger partial charge is 0.419 e. The lowest BCUT2D eigenvalue weighted by Gasteiger charge is -2.37. The molecule has 0 N–H and O–H groups in total. The zero-order valence-corrected chi connectivity index (χ0v) is 14.4. The molecular formula is C19H16N2O6. The van der Waals surface area contributed by atoms with Gasteiger partial charge in [-0.3, -0.25) is 24.5 Å². The summed E-state index contributed by atoms with van der Waals surface area (Å²) in [7, 11) is 0. The monoisotopic (exact) mass is 368 g/mol. The maximum Gasteiger partial charge on any atom is 0.313 e. The molecule has 6 rings (SSSR count). The fraction of sp³-hybridized carbons (Fsp3) is 0.421. The van der Waals surface area contributed by atoms with Crippen LogP contribution in [0.2, 0.25) is 0 Å². The van der Waals surface area contributed by atoms with Gasteiger partial charge in [0.05, 0.1) is 22.4 Å². The predicted molar refractivity (Wildman–Crippen MR) is 91.6 cm³/mol. The second kappa shape index (κ2) is 5.25. The maximum absolute atomic E-state index is 13.1. The lowest BCUT2D eigenvalue weighted by Crippen LogP contribution is -2.40. The first kappa shape index (κ1) is 16.2. The highest BCUT2D eigenvalue weighted by Crippen LogP contribution is 2.65. The van der Waals surface area contributed by atoms with Gasteiger partial charge in [-0.25, -0.2) is 4.90 Å². The highest BCUT2D eigenvalue weighted by Gasteiger charge is 2.67. The number of ether oxygens (including phenoxy) is 1. The molecule has 1 saturated heterocycles. The van der Waals surface area contributed by atoms with Gasteiger partial charge in [0, 0.05) is 13.0 Å². The van der Waals surface area contributed by atoms with Crippen LogP contribution in [0.5, 0.6) is 5.75 Å². The van der Waals surface area contributed by atoms with Crippen molar-refractivity contribution in [2.75, 3.05) is 4.90 Å². The molecule has 8 heteroatoms. The Bertz CT molecular complexity index is 918. The molecule has 8 nitrogen and oxygen atoms in total. The fourth-order valence-corrected chi connectivity index (χ4v) is 5.24. The summed E-state index contributed by atoms with van der Waals surface area (Å²) in [4.78, 5) is 49.0. The zero-order valence-electron chi connectivity index (χ0n) is 14.4. The molecule has 3 fully saturated rings. The third-order valence-corrected chi connectivity index (χ3v) is 6.31. The maximum atomic E-state index is 13.1. The van der Waals surface area contributed by atoms with Crippen molar-refractivity contribution in [3.05, 3.63) is 40.5 Å². The van der Waals surface area contributed by atoms with Crippen LogP contribution in [0.4, 0.5) is 11.4 Å². The number of benzene rings is 1.